The van der Waals surface area contributed by atoms with Crippen LogP contribution in [-0.2, 0) is 0 Å². The Bertz CT molecular complexity index is 771. The Morgan fingerprint density at radius 2 is 1.93 bits per heavy atom. The van der Waals surface area contributed by atoms with Crippen molar-refractivity contribution >= 4 is 17.8 Å². The third-order valence-electron chi connectivity index (χ3n) is 6.19. The second kappa shape index (κ2) is 10.7. The van der Waals surface area contributed by atoms with Crippen LogP contribution in [0.1, 0.15) is 38.3 Å². The quantitative estimate of drug-likeness (QED) is 0.661. The Morgan fingerprint density at radius 3 is 2.57 bits per heavy atom. The smallest absolute Gasteiger partial charge is 0.142 e. The Balaban J connectivity index is 1.71. The summed E-state index contributed by atoms with van der Waals surface area (Å²) in [5.41, 5.74) is 2.41. The number of benzene rings is 1. The largest absolute Gasteiger partial charge is 0.370 e. The molecule has 7 heteroatoms. The fraction of sp³-hybridized carbons (Fsp3) is 0.609. The highest BCUT2D eigenvalue weighted by Gasteiger charge is 2.30. The first kappa shape index (κ1) is 23.2. The molecule has 1 unspecified atom stereocenters. The van der Waals surface area contributed by atoms with Crippen molar-refractivity contribution in [2.75, 3.05) is 53.4 Å². The average molecular weight is 436 g/mol. The molecule has 0 aliphatic carbocycles. The summed E-state index contributed by atoms with van der Waals surface area (Å²) in [7, 11) is 4.13. The predicted molar refractivity (Wildman–Crippen MR) is 124 cm³/mol. The molecule has 2 atom stereocenters. The summed E-state index contributed by atoms with van der Waals surface area (Å²) in [5.74, 6) is 0.715. The van der Waals surface area contributed by atoms with E-state index in [-0.39, 0.29) is 16.9 Å². The van der Waals surface area contributed by atoms with E-state index in [0.717, 1.165) is 63.5 Å². The molecule has 166 valence electrons. The van der Waals surface area contributed by atoms with Crippen molar-refractivity contribution in [1.29, 1.82) is 0 Å². The molecule has 1 N–H and O–H groups in total. The van der Waals surface area contributed by atoms with E-state index in [4.69, 9.17) is 11.6 Å². The van der Waals surface area contributed by atoms with E-state index in [1.165, 1.54) is 5.57 Å². The summed E-state index contributed by atoms with van der Waals surface area (Å²) in [5, 5.41) is 3.64. The minimum absolute atomic E-state index is 0.153. The molecule has 2 aliphatic rings. The molecule has 2 heterocycles. The van der Waals surface area contributed by atoms with Gasteiger partial charge in [-0.15, -0.1) is 0 Å². The molecule has 1 aromatic carbocycles. The lowest BCUT2D eigenvalue weighted by Gasteiger charge is -2.43. The molecule has 30 heavy (non-hydrogen) atoms. The van der Waals surface area contributed by atoms with Gasteiger partial charge in [0.25, 0.3) is 0 Å². The summed E-state index contributed by atoms with van der Waals surface area (Å²) in [6.45, 7) is 10.0. The lowest BCUT2D eigenvalue weighted by atomic mass is 9.98. The summed E-state index contributed by atoms with van der Waals surface area (Å²) >= 11 is 5.91. The van der Waals surface area contributed by atoms with Gasteiger partial charge < -0.3 is 10.2 Å². The molecule has 0 bridgehead atoms. The van der Waals surface area contributed by atoms with Crippen LogP contribution in [0.25, 0.3) is 0 Å². The van der Waals surface area contributed by atoms with Gasteiger partial charge in [-0.1, -0.05) is 17.7 Å². The van der Waals surface area contributed by atoms with Gasteiger partial charge in [0.2, 0.25) is 0 Å². The Kier molecular flexibility index (Phi) is 8.28. The fourth-order valence-electron chi connectivity index (χ4n) is 4.54. The minimum atomic E-state index is -0.342. The van der Waals surface area contributed by atoms with E-state index < -0.39 is 0 Å². The third kappa shape index (κ3) is 5.61. The molecule has 5 nitrogen and oxygen atoms in total. The number of halogens is 2. The number of aliphatic imine (C=N–C) groups is 1. The maximum absolute atomic E-state index is 14.1. The van der Waals surface area contributed by atoms with E-state index in [1.807, 2.05) is 19.2 Å². The highest BCUT2D eigenvalue weighted by molar-refractivity contribution is 6.30. The first-order chi connectivity index (χ1) is 14.4. The van der Waals surface area contributed by atoms with Crippen LogP contribution in [0, 0.1) is 5.82 Å². The topological polar surface area (TPSA) is 34.1 Å². The lowest BCUT2D eigenvalue weighted by Crippen LogP contribution is -2.52. The van der Waals surface area contributed by atoms with Crippen molar-refractivity contribution in [2.24, 2.45) is 4.99 Å². The molecule has 0 radical (unpaired) electrons. The normalized spacial score (nSPS) is 21.3. The molecule has 0 saturated carbocycles. The third-order valence-corrected chi connectivity index (χ3v) is 6.49. The maximum atomic E-state index is 14.1. The van der Waals surface area contributed by atoms with Crippen LogP contribution in [-0.4, -0.2) is 80.3 Å². The van der Waals surface area contributed by atoms with Crippen LogP contribution in [0.3, 0.4) is 0 Å². The summed E-state index contributed by atoms with van der Waals surface area (Å²) in [6.07, 6.45) is 4.14. The zero-order valence-electron chi connectivity index (χ0n) is 18.7. The number of hydrogen-bond acceptors (Lipinski definition) is 5. The average Bonchev–Trinajstić information content (AvgIpc) is 2.74. The van der Waals surface area contributed by atoms with Crippen LogP contribution in [0.5, 0.6) is 0 Å². The van der Waals surface area contributed by atoms with Gasteiger partial charge in [-0.25, -0.2) is 9.38 Å². The molecule has 0 amide bonds. The number of rotatable bonds is 7. The number of piperazine rings is 1. The monoisotopic (exact) mass is 435 g/mol. The van der Waals surface area contributed by atoms with Gasteiger partial charge in [-0.05, 0) is 64.1 Å². The van der Waals surface area contributed by atoms with Gasteiger partial charge in [0, 0.05) is 57.6 Å². The summed E-state index contributed by atoms with van der Waals surface area (Å²) < 4.78 is 14.1. The Hall–Kier alpha value is -1.47. The lowest BCUT2D eigenvalue weighted by molar-refractivity contribution is 0.0698. The fourth-order valence-corrected chi connectivity index (χ4v) is 4.65. The van der Waals surface area contributed by atoms with Gasteiger partial charge in [-0.2, -0.15) is 0 Å². The second-order valence-corrected chi connectivity index (χ2v) is 8.90. The molecule has 1 aromatic rings. The zero-order valence-corrected chi connectivity index (χ0v) is 19.4. The van der Waals surface area contributed by atoms with Gasteiger partial charge in [0.15, 0.2) is 0 Å². The van der Waals surface area contributed by atoms with Crippen LogP contribution < -0.4 is 5.32 Å². The first-order valence-electron chi connectivity index (χ1n) is 10.9. The van der Waals surface area contributed by atoms with Gasteiger partial charge in [-0.3, -0.25) is 9.80 Å². The number of nitrogens with zero attached hydrogens (tertiary/aromatic N) is 4. The first-order valence-corrected chi connectivity index (χ1v) is 11.3. The van der Waals surface area contributed by atoms with Crippen LogP contribution >= 0.6 is 11.6 Å². The number of nitrogens with one attached hydrogen (secondary N) is 1. The number of hydrogen-bond donors (Lipinski definition) is 1. The SMILES string of the molecule is CC=NC1=C([C@H](C)N2CCN(C(CN(C)C)c3ccc(Cl)c(F)c3)CC2)CCCN1. The highest BCUT2D eigenvalue weighted by Crippen LogP contribution is 2.28. The molecular weight excluding hydrogens is 401 g/mol. The minimum Gasteiger partial charge on any atom is -0.370 e. The molecule has 1 fully saturated rings. The van der Waals surface area contributed by atoms with Gasteiger partial charge >= 0.3 is 0 Å². The van der Waals surface area contributed by atoms with E-state index in [1.54, 1.807) is 12.1 Å². The van der Waals surface area contributed by atoms with Crippen molar-refractivity contribution in [3.63, 3.8) is 0 Å². The van der Waals surface area contributed by atoms with Gasteiger partial charge in [0.1, 0.15) is 11.6 Å². The van der Waals surface area contributed by atoms with Crippen LogP contribution in [0.2, 0.25) is 5.02 Å². The van der Waals surface area contributed by atoms with Crippen LogP contribution in [0.4, 0.5) is 4.39 Å². The van der Waals surface area contributed by atoms with Crippen molar-refractivity contribution in [3.05, 3.63) is 46.0 Å². The predicted octanol–water partition coefficient (Wildman–Crippen LogP) is 3.77. The molecule has 3 rings (SSSR count). The number of likely N-dealkylation sites (N-methyl/N-ethyl adjacent to an activating group) is 1. The molecule has 2 aliphatic heterocycles. The van der Waals surface area contributed by atoms with Crippen molar-refractivity contribution in [3.8, 4) is 0 Å². The van der Waals surface area contributed by atoms with E-state index in [9.17, 15) is 4.39 Å². The zero-order chi connectivity index (χ0) is 21.7. The van der Waals surface area contributed by atoms with E-state index in [2.05, 4.69) is 46.0 Å². The van der Waals surface area contributed by atoms with Gasteiger partial charge in [0.05, 0.1) is 5.02 Å². The molecule has 1 saturated heterocycles. The summed E-state index contributed by atoms with van der Waals surface area (Å²) in [6, 6.07) is 5.76. The molecular formula is C23H35ClFN5. The van der Waals surface area contributed by atoms with Crippen LogP contribution in [0.15, 0.2) is 34.6 Å². The Morgan fingerprint density at radius 1 is 1.23 bits per heavy atom. The van der Waals surface area contributed by atoms with E-state index in [0.29, 0.717) is 6.04 Å². The maximum Gasteiger partial charge on any atom is 0.142 e. The summed E-state index contributed by atoms with van der Waals surface area (Å²) in [4.78, 5) is 11.8. The van der Waals surface area contributed by atoms with Crippen molar-refractivity contribution in [2.45, 2.75) is 38.8 Å². The molecule has 0 aromatic heterocycles. The van der Waals surface area contributed by atoms with Crippen molar-refractivity contribution in [1.82, 2.24) is 20.0 Å². The van der Waals surface area contributed by atoms with Crippen molar-refractivity contribution < 1.29 is 4.39 Å². The second-order valence-electron chi connectivity index (χ2n) is 8.49. The standard InChI is InChI=1S/C23H35ClFN5/c1-5-26-23-19(7-6-10-27-23)17(2)29-11-13-30(14-12-29)22(16-28(3)4)18-8-9-20(24)21(25)15-18/h5,8-9,15,17,22,27H,6-7,10-14,16H2,1-4H3/t17-,22?/m0/s1. The Labute approximate surface area is 185 Å². The molecule has 0 spiro atoms. The van der Waals surface area contributed by atoms with E-state index >= 15 is 0 Å². The highest BCUT2D eigenvalue weighted by atomic mass is 35.5.